The van der Waals surface area contributed by atoms with Crippen LogP contribution in [0.5, 0.6) is 0 Å². The molecule has 12 heteroatoms. The first kappa shape index (κ1) is 19.5. The average molecular weight is 390 g/mol. The molecule has 0 bridgehead atoms. The third kappa shape index (κ3) is 3.73. The average Bonchev–Trinajstić information content (AvgIpc) is 3.06. The van der Waals surface area contributed by atoms with Gasteiger partial charge in [-0.15, -0.1) is 14.2 Å². The van der Waals surface area contributed by atoms with Crippen LogP contribution >= 0.6 is 8.25 Å². The van der Waals surface area contributed by atoms with E-state index in [0.29, 0.717) is 19.4 Å². The monoisotopic (exact) mass is 390 g/mol. The van der Waals surface area contributed by atoms with Crippen LogP contribution in [-0.2, 0) is 23.1 Å². The standard InChI is InChI=1S/C14H25N5O6P/c1-22-6-14-4-9(14)11(17-7-15)12(20)13(14)25-26(21)23-5-8-2-3-10(24-8)18-19-16/h7-13,20H,2-6H2,1H3,(H2,15,17)(H2,16,18)/q+1/t8-,9+,10+,11+,12-,13-,14+/m0/s1. The number of aliphatic imine (C=N–C) groups is 1. The van der Waals surface area contributed by atoms with Crippen LogP contribution in [0.15, 0.2) is 15.3 Å². The summed E-state index contributed by atoms with van der Waals surface area (Å²) in [5.74, 6) is 5.08. The molecule has 1 unspecified atom stereocenters. The van der Waals surface area contributed by atoms with Gasteiger partial charge in [0.25, 0.3) is 0 Å². The van der Waals surface area contributed by atoms with Crippen LogP contribution < -0.4 is 11.6 Å². The van der Waals surface area contributed by atoms with Crippen molar-refractivity contribution in [1.29, 1.82) is 0 Å². The molecule has 1 heterocycles. The van der Waals surface area contributed by atoms with Crippen LogP contribution in [0.1, 0.15) is 19.3 Å². The molecule has 1 aliphatic heterocycles. The van der Waals surface area contributed by atoms with Gasteiger partial charge in [-0.2, -0.15) is 0 Å². The molecule has 1 saturated heterocycles. The highest BCUT2D eigenvalue weighted by Gasteiger charge is 2.74. The second kappa shape index (κ2) is 8.20. The van der Waals surface area contributed by atoms with Gasteiger partial charge in [0.2, 0.25) is 0 Å². The minimum Gasteiger partial charge on any atom is -0.390 e. The third-order valence-corrected chi connectivity index (χ3v) is 6.09. The Bertz CT molecular complexity index is 580. The zero-order chi connectivity index (χ0) is 18.7. The maximum atomic E-state index is 12.3. The first-order valence-electron chi connectivity index (χ1n) is 8.48. The van der Waals surface area contributed by atoms with Gasteiger partial charge in [0.05, 0.1) is 25.1 Å². The number of hydrogen-bond donors (Lipinski definition) is 3. The van der Waals surface area contributed by atoms with E-state index < -0.39 is 32.1 Å². The molecule has 3 fully saturated rings. The number of hydrogen-bond acceptors (Lipinski definition) is 9. The summed E-state index contributed by atoms with van der Waals surface area (Å²) in [5.41, 5.74) is 4.97. The van der Waals surface area contributed by atoms with Gasteiger partial charge in [0.15, 0.2) is 12.3 Å². The molecule has 0 aromatic rings. The molecule has 8 atom stereocenters. The number of aliphatic hydroxyl groups excluding tert-OH is 1. The quantitative estimate of drug-likeness (QED) is 0.126. The molecular formula is C14H25N5O6P+. The Morgan fingerprint density at radius 3 is 2.96 bits per heavy atom. The Morgan fingerprint density at radius 2 is 2.27 bits per heavy atom. The molecule has 0 aromatic carbocycles. The highest BCUT2D eigenvalue weighted by molar-refractivity contribution is 7.33. The predicted octanol–water partition coefficient (Wildman–Crippen LogP) is 0.259. The van der Waals surface area contributed by atoms with Gasteiger partial charge in [-0.1, -0.05) is 5.22 Å². The molecule has 2 saturated carbocycles. The van der Waals surface area contributed by atoms with E-state index in [1.165, 1.54) is 6.34 Å². The Hall–Kier alpha value is -1.23. The second-order valence-electron chi connectivity index (χ2n) is 6.82. The van der Waals surface area contributed by atoms with Gasteiger partial charge in [-0.25, -0.2) is 0 Å². The molecule has 3 aliphatic rings. The third-order valence-electron chi connectivity index (χ3n) is 5.33. The molecule has 0 spiro atoms. The van der Waals surface area contributed by atoms with Crippen molar-refractivity contribution in [1.82, 2.24) is 0 Å². The summed E-state index contributed by atoms with van der Waals surface area (Å²) in [5, 5.41) is 17.4. The Morgan fingerprint density at radius 1 is 1.46 bits per heavy atom. The largest absolute Gasteiger partial charge is 0.697 e. The van der Waals surface area contributed by atoms with Crippen molar-refractivity contribution < 1.29 is 28.2 Å². The van der Waals surface area contributed by atoms with Gasteiger partial charge >= 0.3 is 8.25 Å². The van der Waals surface area contributed by atoms with Crippen LogP contribution in [0.2, 0.25) is 0 Å². The molecule has 26 heavy (non-hydrogen) atoms. The summed E-state index contributed by atoms with van der Waals surface area (Å²) in [6.45, 7) is 0.483. The van der Waals surface area contributed by atoms with E-state index in [1.807, 2.05) is 0 Å². The van der Waals surface area contributed by atoms with Crippen LogP contribution in [0.4, 0.5) is 0 Å². The molecule has 0 amide bonds. The molecule has 11 nitrogen and oxygen atoms in total. The SMILES string of the molecule is COC[C@]12C[C@@H]1[C@@H](N=CN)[C@H](O)[C@@H]2O[P+](=O)OC[C@@H]1CC[C@H](N=NN)O1. The van der Waals surface area contributed by atoms with Crippen molar-refractivity contribution in [2.24, 2.45) is 38.2 Å². The lowest BCUT2D eigenvalue weighted by molar-refractivity contribution is -0.0239. The minimum atomic E-state index is -2.43. The van der Waals surface area contributed by atoms with Crippen molar-refractivity contribution in [3.63, 3.8) is 0 Å². The molecule has 0 radical (unpaired) electrons. The van der Waals surface area contributed by atoms with Gasteiger partial charge in [-0.05, 0) is 25.2 Å². The van der Waals surface area contributed by atoms with E-state index in [4.69, 9.17) is 30.1 Å². The number of ether oxygens (including phenoxy) is 2. The summed E-state index contributed by atoms with van der Waals surface area (Å²) < 4.78 is 33.9. The molecule has 146 valence electrons. The highest BCUT2D eigenvalue weighted by Crippen LogP contribution is 2.66. The van der Waals surface area contributed by atoms with Crippen LogP contribution in [0, 0.1) is 11.3 Å². The van der Waals surface area contributed by atoms with Crippen molar-refractivity contribution >= 4 is 14.6 Å². The van der Waals surface area contributed by atoms with Gasteiger partial charge < -0.3 is 26.2 Å². The molecular weight excluding hydrogens is 365 g/mol. The molecule has 2 aliphatic carbocycles. The maximum Gasteiger partial charge on any atom is 0.697 e. The minimum absolute atomic E-state index is 0.0891. The van der Waals surface area contributed by atoms with Crippen LogP contribution in [0.3, 0.4) is 0 Å². The van der Waals surface area contributed by atoms with E-state index in [1.54, 1.807) is 7.11 Å². The lowest BCUT2D eigenvalue weighted by Gasteiger charge is -2.21. The van der Waals surface area contributed by atoms with E-state index in [2.05, 4.69) is 15.3 Å². The van der Waals surface area contributed by atoms with Crippen LogP contribution in [-0.4, -0.2) is 62.4 Å². The molecule has 3 rings (SSSR count). The fourth-order valence-corrected chi connectivity index (χ4v) is 4.98. The summed E-state index contributed by atoms with van der Waals surface area (Å²) >= 11 is 0. The summed E-state index contributed by atoms with van der Waals surface area (Å²) in [4.78, 5) is 4.13. The van der Waals surface area contributed by atoms with E-state index >= 15 is 0 Å². The smallest absolute Gasteiger partial charge is 0.390 e. The van der Waals surface area contributed by atoms with Crippen molar-refractivity contribution in [3.05, 3.63) is 0 Å². The van der Waals surface area contributed by atoms with Crippen molar-refractivity contribution in [2.75, 3.05) is 20.3 Å². The van der Waals surface area contributed by atoms with Crippen LogP contribution in [0.25, 0.3) is 0 Å². The Balaban J connectivity index is 1.53. The number of nitrogens with two attached hydrogens (primary N) is 2. The normalized spacial score (nSPS) is 42.6. The summed E-state index contributed by atoms with van der Waals surface area (Å²) in [6, 6.07) is -0.385. The lowest BCUT2D eigenvalue weighted by atomic mass is 10.0. The number of nitrogens with zero attached hydrogens (tertiary/aromatic N) is 3. The molecule has 0 aromatic heterocycles. The van der Waals surface area contributed by atoms with E-state index in [9.17, 15) is 9.67 Å². The van der Waals surface area contributed by atoms with Crippen molar-refractivity contribution in [3.8, 4) is 0 Å². The maximum absolute atomic E-state index is 12.3. The second-order valence-corrected chi connectivity index (χ2v) is 7.74. The first-order chi connectivity index (χ1) is 12.6. The van der Waals surface area contributed by atoms with Gasteiger partial charge in [0.1, 0.15) is 12.7 Å². The summed E-state index contributed by atoms with van der Waals surface area (Å²) in [7, 11) is -0.855. The zero-order valence-corrected chi connectivity index (χ0v) is 15.4. The van der Waals surface area contributed by atoms with Gasteiger partial charge in [0, 0.05) is 17.1 Å². The lowest BCUT2D eigenvalue weighted by Crippen LogP contribution is -2.38. The number of methoxy groups -OCH3 is 1. The van der Waals surface area contributed by atoms with E-state index in [0.717, 1.165) is 6.42 Å². The zero-order valence-electron chi connectivity index (χ0n) is 14.5. The fraction of sp³-hybridized carbons (Fsp3) is 0.929. The van der Waals surface area contributed by atoms with E-state index in [-0.39, 0.29) is 24.7 Å². The highest BCUT2D eigenvalue weighted by atomic mass is 31.1. The number of fused-ring (bicyclic) bond motifs is 1. The van der Waals surface area contributed by atoms with Gasteiger partial charge in [-0.3, -0.25) is 4.99 Å². The number of rotatable bonds is 9. The Kier molecular flexibility index (Phi) is 6.16. The van der Waals surface area contributed by atoms with Crippen molar-refractivity contribution in [2.45, 2.75) is 49.8 Å². The first-order valence-corrected chi connectivity index (χ1v) is 9.58. The fourth-order valence-electron chi connectivity index (χ4n) is 4.11. The Labute approximate surface area is 152 Å². The topological polar surface area (TPSA) is 163 Å². The summed E-state index contributed by atoms with van der Waals surface area (Å²) in [6.07, 6.45) is 1.07. The predicted molar refractivity (Wildman–Crippen MR) is 90.3 cm³/mol. The number of aliphatic hydroxyl groups is 1. The molecule has 5 N–H and O–H groups in total.